The fraction of sp³-hybridized carbons (Fsp3) is 0.379. The van der Waals surface area contributed by atoms with Crippen molar-refractivity contribution in [2.24, 2.45) is 0 Å². The maximum Gasteiger partial charge on any atom is 0.133 e. The van der Waals surface area contributed by atoms with Gasteiger partial charge in [0, 0.05) is 74.1 Å². The first-order valence-corrected chi connectivity index (χ1v) is 12.3. The van der Waals surface area contributed by atoms with E-state index in [-0.39, 0.29) is 0 Å². The Bertz CT molecular complexity index is 1180. The highest BCUT2D eigenvalue weighted by atomic mass is 16.5. The summed E-state index contributed by atoms with van der Waals surface area (Å²) in [5.41, 5.74) is 4.58. The third-order valence-electron chi connectivity index (χ3n) is 6.05. The number of aromatic nitrogens is 2. The third-order valence-corrected chi connectivity index (χ3v) is 6.05. The number of pyridine rings is 2. The molecule has 0 aliphatic heterocycles. The van der Waals surface area contributed by atoms with Crippen LogP contribution in [0.2, 0.25) is 0 Å². The van der Waals surface area contributed by atoms with Gasteiger partial charge in [-0.2, -0.15) is 0 Å². The van der Waals surface area contributed by atoms with E-state index < -0.39 is 0 Å². The van der Waals surface area contributed by atoms with Crippen LogP contribution in [0.4, 0.5) is 11.5 Å². The standard InChI is InChI=1S/C29H39N5O2/c1-9-22(19-33(6)21(4)5)23-14-28-27(31-18-23)10-11-29(32-28)34(13-12-30-20(2)3)24-15-25(35-7)17-26(16-24)36-8/h9-11,14-21,30H,1,12-13H2,2-8H3/b22-19+. The van der Waals surface area contributed by atoms with Crippen LogP contribution in [0, 0.1) is 0 Å². The van der Waals surface area contributed by atoms with E-state index in [1.807, 2.05) is 42.6 Å². The fourth-order valence-corrected chi connectivity index (χ4v) is 3.71. The summed E-state index contributed by atoms with van der Waals surface area (Å²) < 4.78 is 11.1. The maximum atomic E-state index is 5.53. The number of rotatable bonds is 12. The van der Waals surface area contributed by atoms with Crippen molar-refractivity contribution in [3.8, 4) is 11.5 Å². The number of nitrogens with one attached hydrogen (secondary N) is 1. The Hall–Kier alpha value is -3.58. The van der Waals surface area contributed by atoms with E-state index in [0.29, 0.717) is 12.1 Å². The van der Waals surface area contributed by atoms with Crippen LogP contribution in [0.5, 0.6) is 11.5 Å². The zero-order valence-corrected chi connectivity index (χ0v) is 22.6. The normalized spacial score (nSPS) is 11.8. The summed E-state index contributed by atoms with van der Waals surface area (Å²) in [5.74, 6) is 2.28. The van der Waals surface area contributed by atoms with Crippen molar-refractivity contribution < 1.29 is 9.47 Å². The quantitative estimate of drug-likeness (QED) is 0.330. The van der Waals surface area contributed by atoms with Gasteiger partial charge in [0.05, 0.1) is 25.3 Å². The fourth-order valence-electron chi connectivity index (χ4n) is 3.71. The number of hydrogen-bond acceptors (Lipinski definition) is 7. The second-order valence-corrected chi connectivity index (χ2v) is 9.31. The highest BCUT2D eigenvalue weighted by molar-refractivity contribution is 5.83. The molecule has 0 saturated heterocycles. The number of nitrogens with zero attached hydrogens (tertiary/aromatic N) is 4. The van der Waals surface area contributed by atoms with E-state index in [1.165, 1.54) is 0 Å². The molecule has 36 heavy (non-hydrogen) atoms. The van der Waals surface area contributed by atoms with Gasteiger partial charge in [-0.25, -0.2) is 4.98 Å². The minimum absolute atomic E-state index is 0.381. The second kappa shape index (κ2) is 12.4. The summed E-state index contributed by atoms with van der Waals surface area (Å²) in [6, 6.07) is 12.7. The molecule has 0 fully saturated rings. The van der Waals surface area contributed by atoms with Crippen LogP contribution in [-0.4, -0.2) is 61.3 Å². The van der Waals surface area contributed by atoms with E-state index in [9.17, 15) is 0 Å². The van der Waals surface area contributed by atoms with E-state index in [4.69, 9.17) is 14.5 Å². The molecule has 192 valence electrons. The van der Waals surface area contributed by atoms with E-state index >= 15 is 0 Å². The number of methoxy groups -OCH3 is 2. The van der Waals surface area contributed by atoms with Gasteiger partial charge in [0.1, 0.15) is 17.3 Å². The molecule has 2 aromatic heterocycles. The number of anilines is 2. The smallest absolute Gasteiger partial charge is 0.133 e. The lowest BCUT2D eigenvalue weighted by Gasteiger charge is -2.26. The highest BCUT2D eigenvalue weighted by Crippen LogP contribution is 2.33. The molecule has 0 aliphatic carbocycles. The lowest BCUT2D eigenvalue weighted by atomic mass is 10.1. The molecule has 3 rings (SSSR count). The van der Waals surface area contributed by atoms with Crippen molar-refractivity contribution in [1.29, 1.82) is 0 Å². The maximum absolute atomic E-state index is 5.53. The predicted molar refractivity (Wildman–Crippen MR) is 150 cm³/mol. The molecule has 1 N–H and O–H groups in total. The van der Waals surface area contributed by atoms with Gasteiger partial charge < -0.3 is 24.6 Å². The summed E-state index contributed by atoms with van der Waals surface area (Å²) in [5, 5.41) is 3.50. The largest absolute Gasteiger partial charge is 0.497 e. The van der Waals surface area contributed by atoms with Gasteiger partial charge in [-0.1, -0.05) is 26.5 Å². The Morgan fingerprint density at radius 1 is 1.03 bits per heavy atom. The number of fused-ring (bicyclic) bond motifs is 1. The summed E-state index contributed by atoms with van der Waals surface area (Å²) in [4.78, 5) is 14.0. The number of hydrogen-bond donors (Lipinski definition) is 1. The number of benzene rings is 1. The van der Waals surface area contributed by atoms with Crippen LogP contribution in [0.25, 0.3) is 16.6 Å². The van der Waals surface area contributed by atoms with Crippen molar-refractivity contribution in [2.75, 3.05) is 39.3 Å². The molecule has 0 radical (unpaired) electrons. The van der Waals surface area contributed by atoms with Gasteiger partial charge >= 0.3 is 0 Å². The molecule has 0 amide bonds. The molecule has 0 aliphatic rings. The van der Waals surface area contributed by atoms with Gasteiger partial charge in [-0.05, 0) is 37.6 Å². The minimum atomic E-state index is 0.381. The second-order valence-electron chi connectivity index (χ2n) is 9.31. The molecule has 2 heterocycles. The molecule has 0 saturated carbocycles. The van der Waals surface area contributed by atoms with Crippen LogP contribution < -0.4 is 19.7 Å². The molecule has 1 aromatic carbocycles. The molecule has 0 unspecified atom stereocenters. The topological polar surface area (TPSA) is 62.8 Å². The average molecular weight is 490 g/mol. The molecular weight excluding hydrogens is 450 g/mol. The molecule has 0 spiro atoms. The number of allylic oxidation sites excluding steroid dienone is 2. The lowest BCUT2D eigenvalue weighted by Crippen LogP contribution is -2.33. The summed E-state index contributed by atoms with van der Waals surface area (Å²) >= 11 is 0. The Kier molecular flexibility index (Phi) is 9.31. The Morgan fingerprint density at radius 3 is 2.31 bits per heavy atom. The van der Waals surface area contributed by atoms with Crippen molar-refractivity contribution in [1.82, 2.24) is 20.2 Å². The SMILES string of the molecule is C=C/C(=C\N(C)C(C)C)c1cnc2ccc(N(CCNC(C)C)c3cc(OC)cc(OC)c3)nc2c1. The van der Waals surface area contributed by atoms with Gasteiger partial charge in [0.2, 0.25) is 0 Å². The van der Waals surface area contributed by atoms with Gasteiger partial charge in [0.25, 0.3) is 0 Å². The van der Waals surface area contributed by atoms with Crippen molar-refractivity contribution >= 4 is 28.1 Å². The van der Waals surface area contributed by atoms with Crippen LogP contribution in [0.1, 0.15) is 33.3 Å². The highest BCUT2D eigenvalue weighted by Gasteiger charge is 2.15. The van der Waals surface area contributed by atoms with Crippen molar-refractivity contribution in [3.05, 3.63) is 67.0 Å². The van der Waals surface area contributed by atoms with Crippen molar-refractivity contribution in [2.45, 2.75) is 39.8 Å². The molecule has 3 aromatic rings. The van der Waals surface area contributed by atoms with Crippen LogP contribution in [-0.2, 0) is 0 Å². The zero-order valence-electron chi connectivity index (χ0n) is 22.6. The molecular formula is C29H39N5O2. The van der Waals surface area contributed by atoms with Gasteiger partial charge in [-0.15, -0.1) is 0 Å². The van der Waals surface area contributed by atoms with E-state index in [0.717, 1.165) is 58.3 Å². The predicted octanol–water partition coefficient (Wildman–Crippen LogP) is 5.65. The molecule has 7 heteroatoms. The summed E-state index contributed by atoms with van der Waals surface area (Å²) in [6.07, 6.45) is 5.83. The first-order chi connectivity index (χ1) is 17.2. The van der Waals surface area contributed by atoms with E-state index in [1.54, 1.807) is 14.2 Å². The minimum Gasteiger partial charge on any atom is -0.497 e. The Balaban J connectivity index is 2.07. The van der Waals surface area contributed by atoms with Gasteiger partial charge in [0.15, 0.2) is 0 Å². The lowest BCUT2D eigenvalue weighted by molar-refractivity contribution is 0.377. The van der Waals surface area contributed by atoms with Gasteiger partial charge in [-0.3, -0.25) is 4.98 Å². The first kappa shape index (κ1) is 27.0. The van der Waals surface area contributed by atoms with Crippen LogP contribution in [0.15, 0.2) is 61.4 Å². The Labute approximate surface area is 215 Å². The zero-order chi connectivity index (χ0) is 26.2. The van der Waals surface area contributed by atoms with Crippen LogP contribution >= 0.6 is 0 Å². The summed E-state index contributed by atoms with van der Waals surface area (Å²) in [7, 11) is 5.38. The molecule has 7 nitrogen and oxygen atoms in total. The monoisotopic (exact) mass is 489 g/mol. The van der Waals surface area contributed by atoms with Crippen molar-refractivity contribution in [3.63, 3.8) is 0 Å². The average Bonchev–Trinajstić information content (AvgIpc) is 2.88. The molecule has 0 atom stereocenters. The summed E-state index contributed by atoms with van der Waals surface area (Å²) in [6.45, 7) is 14.1. The van der Waals surface area contributed by atoms with E-state index in [2.05, 4.69) is 73.7 Å². The Morgan fingerprint density at radius 2 is 1.72 bits per heavy atom. The first-order valence-electron chi connectivity index (χ1n) is 12.3. The molecule has 0 bridgehead atoms. The number of ether oxygens (including phenoxy) is 2. The van der Waals surface area contributed by atoms with Crippen LogP contribution in [0.3, 0.4) is 0 Å². The third kappa shape index (κ3) is 6.76.